The summed E-state index contributed by atoms with van der Waals surface area (Å²) in [6, 6.07) is 0. The van der Waals surface area contributed by atoms with Crippen LogP contribution in [0.25, 0.3) is 0 Å². The molecule has 2 fully saturated rings. The van der Waals surface area contributed by atoms with Crippen molar-refractivity contribution in [1.29, 1.82) is 0 Å². The molecule has 0 radical (unpaired) electrons. The lowest BCUT2D eigenvalue weighted by Crippen LogP contribution is -2.39. The molecule has 96 valence electrons. The van der Waals surface area contributed by atoms with Gasteiger partial charge in [-0.15, -0.1) is 0 Å². The summed E-state index contributed by atoms with van der Waals surface area (Å²) in [7, 11) is 0. The quantitative estimate of drug-likeness (QED) is 0.564. The van der Waals surface area contributed by atoms with Crippen molar-refractivity contribution >= 4 is 5.97 Å². The van der Waals surface area contributed by atoms with E-state index in [1.807, 2.05) is 13.0 Å². The van der Waals surface area contributed by atoms with Crippen molar-refractivity contribution in [2.45, 2.75) is 58.7 Å². The fraction of sp³-hybridized carbons (Fsp3) is 0.786. The zero-order chi connectivity index (χ0) is 12.6. The highest BCUT2D eigenvalue weighted by Crippen LogP contribution is 2.55. The van der Waals surface area contributed by atoms with E-state index in [2.05, 4.69) is 6.92 Å². The molecule has 0 spiro atoms. The number of carbonyl (C=O) groups is 1. The molecule has 4 atom stereocenters. The van der Waals surface area contributed by atoms with Crippen LogP contribution in [-0.4, -0.2) is 23.3 Å². The van der Waals surface area contributed by atoms with Gasteiger partial charge in [-0.3, -0.25) is 4.79 Å². The van der Waals surface area contributed by atoms with E-state index in [-0.39, 0.29) is 29.5 Å². The van der Waals surface area contributed by atoms with E-state index in [0.717, 1.165) is 31.3 Å². The Bertz CT molecular complexity index is 347. The first-order valence-corrected chi connectivity index (χ1v) is 6.51. The minimum Gasteiger partial charge on any atom is -0.462 e. The number of carbonyl (C=O) groups excluding carboxylic acids is 1. The first-order chi connectivity index (χ1) is 7.99. The van der Waals surface area contributed by atoms with Crippen LogP contribution >= 0.6 is 0 Å². The second-order valence-corrected chi connectivity index (χ2v) is 5.56. The highest BCUT2D eigenvalue weighted by molar-refractivity contribution is 5.66. The second kappa shape index (κ2) is 4.45. The van der Waals surface area contributed by atoms with Crippen molar-refractivity contribution in [3.63, 3.8) is 0 Å². The molecule has 0 saturated heterocycles. The van der Waals surface area contributed by atoms with Crippen molar-refractivity contribution in [2.24, 2.45) is 11.3 Å². The molecule has 3 nitrogen and oxygen atoms in total. The Hall–Kier alpha value is -0.830. The summed E-state index contributed by atoms with van der Waals surface area (Å²) in [6.45, 7) is 5.66. The van der Waals surface area contributed by atoms with Gasteiger partial charge in [-0.05, 0) is 43.6 Å². The number of allylic oxidation sites excluding steroid dienone is 1. The topological polar surface area (TPSA) is 46.5 Å². The Morgan fingerprint density at radius 3 is 2.88 bits per heavy atom. The molecule has 2 saturated carbocycles. The van der Waals surface area contributed by atoms with Gasteiger partial charge in [0.05, 0.1) is 6.10 Å². The predicted molar refractivity (Wildman–Crippen MR) is 65.4 cm³/mol. The van der Waals surface area contributed by atoms with E-state index in [0.29, 0.717) is 0 Å². The second-order valence-electron chi connectivity index (χ2n) is 5.56. The number of aliphatic hydroxyl groups is 1. The van der Waals surface area contributed by atoms with E-state index >= 15 is 0 Å². The molecule has 0 aromatic carbocycles. The summed E-state index contributed by atoms with van der Waals surface area (Å²) >= 11 is 0. The highest BCUT2D eigenvalue weighted by Gasteiger charge is 2.52. The Balaban J connectivity index is 2.26. The third-order valence-electron chi connectivity index (χ3n) is 4.58. The fourth-order valence-electron chi connectivity index (χ4n) is 3.86. The van der Waals surface area contributed by atoms with E-state index < -0.39 is 0 Å². The molecule has 1 N–H and O–H groups in total. The van der Waals surface area contributed by atoms with Crippen LogP contribution < -0.4 is 0 Å². The third kappa shape index (κ3) is 2.01. The van der Waals surface area contributed by atoms with E-state index in [9.17, 15) is 9.90 Å². The summed E-state index contributed by atoms with van der Waals surface area (Å²) in [4.78, 5) is 11.1. The Kier molecular flexibility index (Phi) is 3.30. The molecule has 0 aromatic rings. The smallest absolute Gasteiger partial charge is 0.302 e. The van der Waals surface area contributed by atoms with Gasteiger partial charge in [0, 0.05) is 12.8 Å². The normalized spacial score (nSPS) is 43.5. The third-order valence-corrected chi connectivity index (χ3v) is 4.58. The summed E-state index contributed by atoms with van der Waals surface area (Å²) in [5.74, 6) is 0.0732. The van der Waals surface area contributed by atoms with E-state index in [1.165, 1.54) is 6.92 Å². The molecule has 0 bridgehead atoms. The largest absolute Gasteiger partial charge is 0.462 e. The van der Waals surface area contributed by atoms with Gasteiger partial charge >= 0.3 is 5.97 Å². The van der Waals surface area contributed by atoms with Crippen molar-refractivity contribution in [3.8, 4) is 0 Å². The lowest BCUT2D eigenvalue weighted by atomic mass is 9.66. The average molecular weight is 238 g/mol. The Labute approximate surface area is 103 Å². The molecule has 3 heteroatoms. The van der Waals surface area contributed by atoms with E-state index in [4.69, 9.17) is 4.74 Å². The van der Waals surface area contributed by atoms with E-state index in [1.54, 1.807) is 0 Å². The molecule has 2 aliphatic carbocycles. The number of aliphatic hydroxyl groups excluding tert-OH is 1. The minimum absolute atomic E-state index is 0.0154. The SMILES string of the molecule is CC=C1C(O)CC2[C@@H](OC(C)=O)CCC[C@]12C. The maximum absolute atomic E-state index is 11.1. The number of hydrogen-bond donors (Lipinski definition) is 1. The number of hydrogen-bond acceptors (Lipinski definition) is 3. The highest BCUT2D eigenvalue weighted by atomic mass is 16.5. The molecule has 0 heterocycles. The molecular formula is C14H22O3. The first kappa shape index (κ1) is 12.6. The van der Waals surface area contributed by atoms with Gasteiger partial charge in [-0.25, -0.2) is 0 Å². The molecule has 0 aromatic heterocycles. The van der Waals surface area contributed by atoms with Gasteiger partial charge in [0.2, 0.25) is 0 Å². The fourth-order valence-corrected chi connectivity index (χ4v) is 3.86. The van der Waals surface area contributed by atoms with Crippen LogP contribution in [0.4, 0.5) is 0 Å². The zero-order valence-electron chi connectivity index (χ0n) is 10.9. The maximum Gasteiger partial charge on any atom is 0.302 e. The van der Waals surface area contributed by atoms with Crippen molar-refractivity contribution in [3.05, 3.63) is 11.6 Å². The van der Waals surface area contributed by atoms with Crippen molar-refractivity contribution in [1.82, 2.24) is 0 Å². The number of esters is 1. The average Bonchev–Trinajstić information content (AvgIpc) is 2.49. The summed E-state index contributed by atoms with van der Waals surface area (Å²) in [6.07, 6.45) is 5.49. The first-order valence-electron chi connectivity index (χ1n) is 6.51. The number of fused-ring (bicyclic) bond motifs is 1. The summed E-state index contributed by atoms with van der Waals surface area (Å²) in [5.41, 5.74) is 1.16. The van der Waals surface area contributed by atoms with Gasteiger partial charge in [-0.1, -0.05) is 13.0 Å². The molecule has 2 rings (SSSR count). The van der Waals surface area contributed by atoms with Gasteiger partial charge in [0.25, 0.3) is 0 Å². The standard InChI is InChI=1S/C14H22O3/c1-4-10-12(16)8-11-13(17-9(2)15)6-5-7-14(10,11)3/h4,11-13,16H,5-8H2,1-3H3/t11?,12?,13-,14+/m0/s1. The minimum atomic E-state index is -0.355. The molecular weight excluding hydrogens is 216 g/mol. The van der Waals surface area contributed by atoms with Gasteiger partial charge in [0.15, 0.2) is 0 Å². The van der Waals surface area contributed by atoms with Crippen LogP contribution in [0.2, 0.25) is 0 Å². The monoisotopic (exact) mass is 238 g/mol. The lowest BCUT2D eigenvalue weighted by molar-refractivity contribution is -0.153. The Morgan fingerprint density at radius 2 is 2.29 bits per heavy atom. The molecule has 17 heavy (non-hydrogen) atoms. The van der Waals surface area contributed by atoms with Gasteiger partial charge in [-0.2, -0.15) is 0 Å². The van der Waals surface area contributed by atoms with Crippen LogP contribution in [0.5, 0.6) is 0 Å². The van der Waals surface area contributed by atoms with Crippen LogP contribution in [0.3, 0.4) is 0 Å². The van der Waals surface area contributed by atoms with Gasteiger partial charge in [0.1, 0.15) is 6.10 Å². The molecule has 0 amide bonds. The number of rotatable bonds is 1. The van der Waals surface area contributed by atoms with Crippen molar-refractivity contribution in [2.75, 3.05) is 0 Å². The van der Waals surface area contributed by atoms with Crippen LogP contribution in [0.1, 0.15) is 46.5 Å². The maximum atomic E-state index is 11.1. The van der Waals surface area contributed by atoms with Crippen LogP contribution in [-0.2, 0) is 9.53 Å². The molecule has 0 aliphatic heterocycles. The summed E-state index contributed by atoms with van der Waals surface area (Å²) < 4.78 is 5.43. The summed E-state index contributed by atoms with van der Waals surface area (Å²) in [5, 5.41) is 10.1. The van der Waals surface area contributed by atoms with Crippen molar-refractivity contribution < 1.29 is 14.6 Å². The predicted octanol–water partition coefficient (Wildman–Crippen LogP) is 2.44. The number of ether oxygens (including phenoxy) is 1. The van der Waals surface area contributed by atoms with Gasteiger partial charge < -0.3 is 9.84 Å². The lowest BCUT2D eigenvalue weighted by Gasteiger charge is -2.41. The molecule has 2 aliphatic rings. The van der Waals surface area contributed by atoms with Crippen LogP contribution in [0.15, 0.2) is 11.6 Å². The zero-order valence-corrected chi connectivity index (χ0v) is 10.9. The van der Waals surface area contributed by atoms with Crippen LogP contribution in [0, 0.1) is 11.3 Å². The Morgan fingerprint density at radius 1 is 1.59 bits per heavy atom. The molecule has 2 unspecified atom stereocenters.